The van der Waals surface area contributed by atoms with E-state index in [1.807, 2.05) is 7.05 Å². The Hall–Kier alpha value is -1.10. The monoisotopic (exact) mass is 291 g/mol. The van der Waals surface area contributed by atoms with Crippen LogP contribution >= 0.6 is 0 Å². The Bertz CT molecular complexity index is 461. The van der Waals surface area contributed by atoms with E-state index in [9.17, 15) is 0 Å². The summed E-state index contributed by atoms with van der Waals surface area (Å²) in [6.07, 6.45) is 0. The average molecular weight is 291 g/mol. The Labute approximate surface area is 129 Å². The summed E-state index contributed by atoms with van der Waals surface area (Å²) >= 11 is 0. The second kappa shape index (κ2) is 7.25. The van der Waals surface area contributed by atoms with E-state index in [1.54, 1.807) is 7.11 Å². The maximum Gasteiger partial charge on any atom is 0.123 e. The highest BCUT2D eigenvalue weighted by Crippen LogP contribution is 2.26. The fraction of sp³-hybridized carbons (Fsp3) is 0.647. The zero-order chi connectivity index (χ0) is 15.4. The van der Waals surface area contributed by atoms with Gasteiger partial charge in [0.05, 0.1) is 7.11 Å². The number of rotatable bonds is 6. The van der Waals surface area contributed by atoms with Gasteiger partial charge in [-0.05, 0) is 44.8 Å². The third kappa shape index (κ3) is 3.96. The van der Waals surface area contributed by atoms with Gasteiger partial charge in [-0.3, -0.25) is 4.90 Å². The van der Waals surface area contributed by atoms with Crippen LogP contribution in [-0.4, -0.2) is 57.2 Å². The number of nitrogens with one attached hydrogen (secondary N) is 1. The molecule has 118 valence electrons. The smallest absolute Gasteiger partial charge is 0.123 e. The summed E-state index contributed by atoms with van der Waals surface area (Å²) < 4.78 is 5.53. The number of hydrogen-bond acceptors (Lipinski definition) is 4. The molecule has 4 heteroatoms. The number of nitrogens with zero attached hydrogens (tertiary/aromatic N) is 2. The first-order valence-electron chi connectivity index (χ1n) is 7.74. The minimum atomic E-state index is 0.650. The van der Waals surface area contributed by atoms with Crippen LogP contribution in [0.2, 0.25) is 0 Å². The molecule has 1 aliphatic rings. The van der Waals surface area contributed by atoms with Crippen molar-refractivity contribution in [2.45, 2.75) is 26.1 Å². The molecule has 1 saturated heterocycles. The number of likely N-dealkylation sites (N-methyl/N-ethyl adjacent to an activating group) is 1. The van der Waals surface area contributed by atoms with E-state index >= 15 is 0 Å². The van der Waals surface area contributed by atoms with Gasteiger partial charge < -0.3 is 15.0 Å². The molecule has 2 atom stereocenters. The van der Waals surface area contributed by atoms with Crippen molar-refractivity contribution < 1.29 is 4.74 Å². The predicted octanol–water partition coefficient (Wildman–Crippen LogP) is 1.80. The Morgan fingerprint density at radius 2 is 2.10 bits per heavy atom. The molecule has 1 heterocycles. The van der Waals surface area contributed by atoms with Crippen molar-refractivity contribution in [3.05, 3.63) is 29.3 Å². The van der Waals surface area contributed by atoms with Crippen molar-refractivity contribution in [3.8, 4) is 5.75 Å². The standard InChI is InChI=1S/C17H29N3O/c1-13-10-20(12-16(13)19(3)4)11-15-8-14(9-18-2)6-7-17(15)21-5/h6-8,13,16,18H,9-12H2,1-5H3. The van der Waals surface area contributed by atoms with E-state index in [0.29, 0.717) is 12.0 Å². The van der Waals surface area contributed by atoms with Gasteiger partial charge in [-0.1, -0.05) is 13.0 Å². The van der Waals surface area contributed by atoms with Crippen LogP contribution in [0.1, 0.15) is 18.1 Å². The topological polar surface area (TPSA) is 27.7 Å². The van der Waals surface area contributed by atoms with E-state index in [0.717, 1.165) is 31.9 Å². The predicted molar refractivity (Wildman–Crippen MR) is 87.7 cm³/mol. The Kier molecular flexibility index (Phi) is 5.62. The molecule has 0 aliphatic carbocycles. The first-order valence-corrected chi connectivity index (χ1v) is 7.74. The summed E-state index contributed by atoms with van der Waals surface area (Å²) in [5.74, 6) is 1.71. The highest BCUT2D eigenvalue weighted by Gasteiger charge is 2.31. The van der Waals surface area contributed by atoms with Crippen LogP contribution in [0.15, 0.2) is 18.2 Å². The van der Waals surface area contributed by atoms with Crippen LogP contribution in [0.4, 0.5) is 0 Å². The van der Waals surface area contributed by atoms with Crippen molar-refractivity contribution in [1.29, 1.82) is 0 Å². The minimum absolute atomic E-state index is 0.650. The Balaban J connectivity index is 2.10. The van der Waals surface area contributed by atoms with Gasteiger partial charge in [0, 0.05) is 37.8 Å². The molecule has 0 aromatic heterocycles. The van der Waals surface area contributed by atoms with E-state index in [-0.39, 0.29) is 0 Å². The maximum absolute atomic E-state index is 5.53. The number of benzene rings is 1. The van der Waals surface area contributed by atoms with Gasteiger partial charge >= 0.3 is 0 Å². The first-order chi connectivity index (χ1) is 10.0. The van der Waals surface area contributed by atoms with Crippen molar-refractivity contribution in [2.24, 2.45) is 5.92 Å². The van der Waals surface area contributed by atoms with Crippen LogP contribution in [0.3, 0.4) is 0 Å². The summed E-state index contributed by atoms with van der Waals surface area (Å²) in [7, 11) is 8.09. The molecule has 0 amide bonds. The number of hydrogen-bond donors (Lipinski definition) is 1. The van der Waals surface area contributed by atoms with E-state index < -0.39 is 0 Å². The van der Waals surface area contributed by atoms with Gasteiger partial charge in [-0.25, -0.2) is 0 Å². The van der Waals surface area contributed by atoms with Crippen molar-refractivity contribution in [2.75, 3.05) is 41.3 Å². The molecule has 2 unspecified atom stereocenters. The molecule has 0 saturated carbocycles. The lowest BCUT2D eigenvalue weighted by Crippen LogP contribution is -2.34. The molecular weight excluding hydrogens is 262 g/mol. The zero-order valence-electron chi connectivity index (χ0n) is 14.0. The largest absolute Gasteiger partial charge is 0.496 e. The normalized spacial score (nSPS) is 23.0. The quantitative estimate of drug-likeness (QED) is 0.865. The molecule has 1 aliphatic heterocycles. The van der Waals surface area contributed by atoms with Gasteiger partial charge in [0.25, 0.3) is 0 Å². The maximum atomic E-state index is 5.53. The summed E-state index contributed by atoms with van der Waals surface area (Å²) in [5.41, 5.74) is 2.60. The van der Waals surface area contributed by atoms with E-state index in [4.69, 9.17) is 4.74 Å². The SMILES string of the molecule is CNCc1ccc(OC)c(CN2CC(C)C(N(C)C)C2)c1. The van der Waals surface area contributed by atoms with Crippen LogP contribution < -0.4 is 10.1 Å². The molecule has 0 radical (unpaired) electrons. The lowest BCUT2D eigenvalue weighted by atomic mass is 10.1. The molecule has 2 rings (SSSR count). The summed E-state index contributed by atoms with van der Waals surface area (Å²) in [6.45, 7) is 6.50. The minimum Gasteiger partial charge on any atom is -0.496 e. The molecular formula is C17H29N3O. The van der Waals surface area contributed by atoms with E-state index in [2.05, 4.69) is 54.3 Å². The van der Waals surface area contributed by atoms with Crippen molar-refractivity contribution >= 4 is 0 Å². The second-order valence-electron chi connectivity index (χ2n) is 6.38. The van der Waals surface area contributed by atoms with Crippen molar-refractivity contribution in [1.82, 2.24) is 15.1 Å². The number of methoxy groups -OCH3 is 1. The molecule has 21 heavy (non-hydrogen) atoms. The molecule has 4 nitrogen and oxygen atoms in total. The van der Waals surface area contributed by atoms with Crippen LogP contribution in [-0.2, 0) is 13.1 Å². The second-order valence-corrected chi connectivity index (χ2v) is 6.38. The zero-order valence-corrected chi connectivity index (χ0v) is 14.0. The van der Waals surface area contributed by atoms with Gasteiger partial charge in [0.1, 0.15) is 5.75 Å². The summed E-state index contributed by atoms with van der Waals surface area (Å²) in [4.78, 5) is 4.88. The van der Waals surface area contributed by atoms with Crippen LogP contribution in [0.25, 0.3) is 0 Å². The van der Waals surface area contributed by atoms with Crippen LogP contribution in [0, 0.1) is 5.92 Å². The van der Waals surface area contributed by atoms with Gasteiger partial charge in [0.2, 0.25) is 0 Å². The molecule has 1 aromatic carbocycles. The molecule has 1 aromatic rings. The Morgan fingerprint density at radius 1 is 1.33 bits per heavy atom. The fourth-order valence-corrected chi connectivity index (χ4v) is 3.36. The number of likely N-dealkylation sites (tertiary alicyclic amines) is 1. The lowest BCUT2D eigenvalue weighted by Gasteiger charge is -2.23. The third-order valence-electron chi connectivity index (χ3n) is 4.43. The molecule has 1 fully saturated rings. The number of ether oxygens (including phenoxy) is 1. The van der Waals surface area contributed by atoms with Crippen molar-refractivity contribution in [3.63, 3.8) is 0 Å². The third-order valence-corrected chi connectivity index (χ3v) is 4.43. The summed E-state index contributed by atoms with van der Waals surface area (Å²) in [6, 6.07) is 7.14. The summed E-state index contributed by atoms with van der Waals surface area (Å²) in [5, 5.41) is 3.21. The Morgan fingerprint density at radius 3 is 2.67 bits per heavy atom. The first kappa shape index (κ1) is 16.3. The van der Waals surface area contributed by atoms with Gasteiger partial charge in [0.15, 0.2) is 0 Å². The van der Waals surface area contributed by atoms with Gasteiger partial charge in [-0.15, -0.1) is 0 Å². The highest BCUT2D eigenvalue weighted by atomic mass is 16.5. The molecule has 0 bridgehead atoms. The van der Waals surface area contributed by atoms with Gasteiger partial charge in [-0.2, -0.15) is 0 Å². The van der Waals surface area contributed by atoms with Crippen LogP contribution in [0.5, 0.6) is 5.75 Å². The van der Waals surface area contributed by atoms with E-state index in [1.165, 1.54) is 11.1 Å². The lowest BCUT2D eigenvalue weighted by molar-refractivity contribution is 0.249. The molecule has 1 N–H and O–H groups in total. The highest BCUT2D eigenvalue weighted by molar-refractivity contribution is 5.37. The fourth-order valence-electron chi connectivity index (χ4n) is 3.36. The molecule has 0 spiro atoms. The average Bonchev–Trinajstić information content (AvgIpc) is 2.80.